The van der Waals surface area contributed by atoms with Gasteiger partial charge in [0.15, 0.2) is 0 Å². The fourth-order valence-corrected chi connectivity index (χ4v) is 7.47. The van der Waals surface area contributed by atoms with Crippen LogP contribution < -0.4 is 0 Å². The molecule has 0 spiro atoms. The van der Waals surface area contributed by atoms with Gasteiger partial charge in [-0.3, -0.25) is 0 Å². The molecule has 0 aliphatic heterocycles. The molecule has 46 heavy (non-hydrogen) atoms. The van der Waals surface area contributed by atoms with Crippen LogP contribution in [-0.4, -0.2) is 0 Å². The Bertz CT molecular complexity index is 2740. The van der Waals surface area contributed by atoms with Crippen molar-refractivity contribution < 1.29 is 8.83 Å². The lowest BCUT2D eigenvalue weighted by Crippen LogP contribution is -1.91. The Kier molecular flexibility index (Phi) is 5.31. The Morgan fingerprint density at radius 3 is 1.59 bits per heavy atom. The lowest BCUT2D eigenvalue weighted by molar-refractivity contribution is 0.656. The van der Waals surface area contributed by atoms with Crippen LogP contribution in [0.2, 0.25) is 0 Å². The largest absolute Gasteiger partial charge is 0.456 e. The third-order valence-corrected chi connectivity index (χ3v) is 9.45. The van der Waals surface area contributed by atoms with Gasteiger partial charge in [0.2, 0.25) is 0 Å². The molecule has 0 saturated heterocycles. The quantitative estimate of drug-likeness (QED) is 0.193. The molecule has 10 rings (SSSR count). The highest BCUT2D eigenvalue weighted by Gasteiger charge is 2.21. The third-order valence-electron chi connectivity index (χ3n) is 9.45. The standard InChI is InChI=1S/C44H26O2/c1-2-12-27(13-3-1)28-14-10-15-29(24-28)42-31-17-4-6-19-33(31)43(34-20-7-5-18-32(34)42)35-21-11-23-39-44(35)37-25-36-30-16-8-9-22-38(30)45-40(36)26-41(37)46-39/h1-26H. The predicted molar refractivity (Wildman–Crippen MR) is 192 cm³/mol. The van der Waals surface area contributed by atoms with E-state index in [1.807, 2.05) is 18.2 Å². The molecule has 0 amide bonds. The van der Waals surface area contributed by atoms with Gasteiger partial charge in [-0.15, -0.1) is 0 Å². The molecule has 0 atom stereocenters. The first-order valence-electron chi connectivity index (χ1n) is 15.7. The minimum absolute atomic E-state index is 0.831. The third kappa shape index (κ3) is 3.65. The lowest BCUT2D eigenvalue weighted by Gasteiger charge is -2.18. The molecule has 0 saturated carbocycles. The number of fused-ring (bicyclic) bond motifs is 8. The maximum absolute atomic E-state index is 6.53. The number of rotatable bonds is 3. The van der Waals surface area contributed by atoms with Crippen molar-refractivity contribution in [3.63, 3.8) is 0 Å². The summed E-state index contributed by atoms with van der Waals surface area (Å²) in [6.45, 7) is 0. The monoisotopic (exact) mass is 586 g/mol. The van der Waals surface area contributed by atoms with E-state index in [-0.39, 0.29) is 0 Å². The van der Waals surface area contributed by atoms with Crippen molar-refractivity contribution in [3.8, 4) is 33.4 Å². The van der Waals surface area contributed by atoms with E-state index in [0.29, 0.717) is 0 Å². The Morgan fingerprint density at radius 1 is 0.283 bits per heavy atom. The van der Waals surface area contributed by atoms with Gasteiger partial charge in [-0.2, -0.15) is 0 Å². The molecule has 0 aliphatic carbocycles. The average molecular weight is 587 g/mol. The number of furan rings is 2. The summed E-state index contributed by atoms with van der Waals surface area (Å²) in [5, 5.41) is 9.34. The van der Waals surface area contributed by atoms with E-state index in [1.165, 1.54) is 54.9 Å². The van der Waals surface area contributed by atoms with Crippen molar-refractivity contribution in [3.05, 3.63) is 158 Å². The highest BCUT2D eigenvalue weighted by Crippen LogP contribution is 2.48. The second-order valence-electron chi connectivity index (χ2n) is 12.0. The highest BCUT2D eigenvalue weighted by atomic mass is 16.3. The van der Waals surface area contributed by atoms with Crippen LogP contribution in [0.3, 0.4) is 0 Å². The minimum Gasteiger partial charge on any atom is -0.456 e. The fraction of sp³-hybridized carbons (Fsp3) is 0. The van der Waals surface area contributed by atoms with Gasteiger partial charge in [-0.05, 0) is 79.2 Å². The molecule has 2 heteroatoms. The zero-order valence-corrected chi connectivity index (χ0v) is 24.8. The summed E-state index contributed by atoms with van der Waals surface area (Å²) >= 11 is 0. The van der Waals surface area contributed by atoms with Crippen LogP contribution in [0.25, 0.3) is 98.8 Å². The van der Waals surface area contributed by atoms with Crippen LogP contribution >= 0.6 is 0 Å². The second kappa shape index (κ2) is 9.69. The Labute approximate surface area is 264 Å². The first-order chi connectivity index (χ1) is 22.8. The number of hydrogen-bond acceptors (Lipinski definition) is 2. The van der Waals surface area contributed by atoms with Crippen LogP contribution in [0.4, 0.5) is 0 Å². The normalized spacial score (nSPS) is 11.9. The molecular weight excluding hydrogens is 560 g/mol. The number of benzene rings is 8. The summed E-state index contributed by atoms with van der Waals surface area (Å²) in [5.74, 6) is 0. The first-order valence-corrected chi connectivity index (χ1v) is 15.7. The molecule has 2 nitrogen and oxygen atoms in total. The van der Waals surface area contributed by atoms with Gasteiger partial charge in [-0.1, -0.05) is 127 Å². The highest BCUT2D eigenvalue weighted by molar-refractivity contribution is 6.26. The van der Waals surface area contributed by atoms with Crippen molar-refractivity contribution in [2.45, 2.75) is 0 Å². The summed E-state index contributed by atoms with van der Waals surface area (Å²) in [6.07, 6.45) is 0. The van der Waals surface area contributed by atoms with Crippen molar-refractivity contribution in [2.24, 2.45) is 0 Å². The molecule has 0 aliphatic rings. The Balaban J connectivity index is 1.30. The second-order valence-corrected chi connectivity index (χ2v) is 12.0. The molecule has 2 aromatic heterocycles. The van der Waals surface area contributed by atoms with Crippen molar-refractivity contribution in [1.82, 2.24) is 0 Å². The topological polar surface area (TPSA) is 26.3 Å². The summed E-state index contributed by atoms with van der Waals surface area (Å²) in [7, 11) is 0. The predicted octanol–water partition coefficient (Wildman–Crippen LogP) is 12.8. The van der Waals surface area contributed by atoms with Crippen LogP contribution in [0, 0.1) is 0 Å². The van der Waals surface area contributed by atoms with E-state index < -0.39 is 0 Å². The molecule has 0 unspecified atom stereocenters. The van der Waals surface area contributed by atoms with Gasteiger partial charge in [0.05, 0.1) is 0 Å². The zero-order valence-electron chi connectivity index (χ0n) is 24.8. The van der Waals surface area contributed by atoms with E-state index in [9.17, 15) is 0 Å². The van der Waals surface area contributed by atoms with Crippen molar-refractivity contribution >= 4 is 65.4 Å². The van der Waals surface area contributed by atoms with Gasteiger partial charge in [0.1, 0.15) is 22.3 Å². The molecule has 214 valence electrons. The number of para-hydroxylation sites is 1. The van der Waals surface area contributed by atoms with Gasteiger partial charge >= 0.3 is 0 Å². The summed E-state index contributed by atoms with van der Waals surface area (Å²) < 4.78 is 12.7. The van der Waals surface area contributed by atoms with Crippen LogP contribution in [0.1, 0.15) is 0 Å². The molecule has 0 N–H and O–H groups in total. The fourth-order valence-electron chi connectivity index (χ4n) is 7.47. The molecule has 0 fully saturated rings. The van der Waals surface area contributed by atoms with Gasteiger partial charge < -0.3 is 8.83 Å². The van der Waals surface area contributed by atoms with Gasteiger partial charge in [0, 0.05) is 27.6 Å². The minimum atomic E-state index is 0.831. The van der Waals surface area contributed by atoms with E-state index in [2.05, 4.69) is 140 Å². The zero-order chi connectivity index (χ0) is 30.2. The van der Waals surface area contributed by atoms with Crippen molar-refractivity contribution in [2.75, 3.05) is 0 Å². The van der Waals surface area contributed by atoms with Gasteiger partial charge in [-0.25, -0.2) is 0 Å². The lowest BCUT2D eigenvalue weighted by atomic mass is 9.84. The SMILES string of the molecule is c1ccc(-c2cccc(-c3c4ccccc4c(-c4cccc5oc6cc7oc8ccccc8c7cc6c45)c4ccccc34)c2)cc1. The molecule has 8 aromatic carbocycles. The van der Waals surface area contributed by atoms with Crippen LogP contribution in [0.5, 0.6) is 0 Å². The summed E-state index contributed by atoms with van der Waals surface area (Å²) in [6, 6.07) is 56.2. The van der Waals surface area contributed by atoms with Crippen molar-refractivity contribution in [1.29, 1.82) is 0 Å². The maximum atomic E-state index is 6.53. The molecule has 2 heterocycles. The van der Waals surface area contributed by atoms with E-state index in [0.717, 1.165) is 43.9 Å². The van der Waals surface area contributed by atoms with Crippen LogP contribution in [-0.2, 0) is 0 Å². The summed E-state index contributed by atoms with van der Waals surface area (Å²) in [5.41, 5.74) is 10.7. The smallest absolute Gasteiger partial charge is 0.139 e. The average Bonchev–Trinajstić information content (AvgIpc) is 3.67. The Hall–Kier alpha value is -6.12. The molecule has 10 aromatic rings. The maximum Gasteiger partial charge on any atom is 0.139 e. The van der Waals surface area contributed by atoms with Crippen LogP contribution in [0.15, 0.2) is 167 Å². The van der Waals surface area contributed by atoms with E-state index >= 15 is 0 Å². The molecular formula is C44H26O2. The molecule has 0 bridgehead atoms. The Morgan fingerprint density at radius 2 is 0.826 bits per heavy atom. The van der Waals surface area contributed by atoms with Gasteiger partial charge in [0.25, 0.3) is 0 Å². The molecule has 0 radical (unpaired) electrons. The first kappa shape index (κ1) is 25.2. The number of hydrogen-bond donors (Lipinski definition) is 0. The van der Waals surface area contributed by atoms with E-state index in [1.54, 1.807) is 0 Å². The summed E-state index contributed by atoms with van der Waals surface area (Å²) in [4.78, 5) is 0. The van der Waals surface area contributed by atoms with E-state index in [4.69, 9.17) is 8.83 Å².